The molecule has 0 unspecified atom stereocenters. The largest absolute Gasteiger partial charge is 0.341 e. The number of carbonyl (C=O) groups is 2. The number of aromatic nitrogens is 1. The van der Waals surface area contributed by atoms with Gasteiger partial charge in [-0.2, -0.15) is 0 Å². The summed E-state index contributed by atoms with van der Waals surface area (Å²) in [5, 5.41) is 0. The fourth-order valence-electron chi connectivity index (χ4n) is 3.91. The second kappa shape index (κ2) is 7.11. The zero-order valence-corrected chi connectivity index (χ0v) is 13.8. The minimum Gasteiger partial charge on any atom is -0.341 e. The third kappa shape index (κ3) is 3.54. The zero-order chi connectivity index (χ0) is 16.2. The van der Waals surface area contributed by atoms with E-state index in [1.54, 1.807) is 6.20 Å². The van der Waals surface area contributed by atoms with Crippen LogP contribution in [0.15, 0.2) is 24.5 Å². The number of nitrogens with zero attached hydrogens (tertiary/aromatic N) is 3. The molecule has 0 aliphatic carbocycles. The molecule has 3 rings (SSSR count). The van der Waals surface area contributed by atoms with Crippen molar-refractivity contribution in [3.05, 3.63) is 30.1 Å². The first kappa shape index (κ1) is 16.0. The molecular weight excluding hydrogens is 290 g/mol. The maximum absolute atomic E-state index is 12.7. The summed E-state index contributed by atoms with van der Waals surface area (Å²) < 4.78 is 0. The lowest BCUT2D eigenvalue weighted by Crippen LogP contribution is -2.56. The summed E-state index contributed by atoms with van der Waals surface area (Å²) in [5.41, 5.74) is 1.10. The lowest BCUT2D eigenvalue weighted by molar-refractivity contribution is -0.141. The second-order valence-electron chi connectivity index (χ2n) is 6.62. The van der Waals surface area contributed by atoms with E-state index in [0.717, 1.165) is 44.2 Å². The molecule has 5 heteroatoms. The first-order valence-electron chi connectivity index (χ1n) is 8.61. The summed E-state index contributed by atoms with van der Waals surface area (Å²) in [6.07, 6.45) is 9.26. The summed E-state index contributed by atoms with van der Waals surface area (Å²) >= 11 is 0. The minimum absolute atomic E-state index is 0.195. The van der Waals surface area contributed by atoms with Crippen LogP contribution in [0.3, 0.4) is 0 Å². The molecule has 3 heterocycles. The van der Waals surface area contributed by atoms with Crippen molar-refractivity contribution in [2.45, 2.75) is 57.0 Å². The van der Waals surface area contributed by atoms with Crippen LogP contribution in [0, 0.1) is 0 Å². The summed E-state index contributed by atoms with van der Waals surface area (Å²) in [6.45, 7) is 0.828. The van der Waals surface area contributed by atoms with Gasteiger partial charge < -0.3 is 9.80 Å². The smallest absolute Gasteiger partial charge is 0.223 e. The molecule has 0 spiro atoms. The van der Waals surface area contributed by atoms with Gasteiger partial charge in [-0.05, 0) is 43.7 Å². The molecule has 23 heavy (non-hydrogen) atoms. The number of likely N-dealkylation sites (N-methyl/N-ethyl adjacent to an activating group) is 1. The van der Waals surface area contributed by atoms with Crippen LogP contribution in [0.2, 0.25) is 0 Å². The van der Waals surface area contributed by atoms with Crippen molar-refractivity contribution in [2.24, 2.45) is 0 Å². The number of amides is 2. The normalized spacial score (nSPS) is 25.0. The van der Waals surface area contributed by atoms with E-state index in [9.17, 15) is 9.59 Å². The van der Waals surface area contributed by atoms with E-state index in [1.165, 1.54) is 0 Å². The highest BCUT2D eigenvalue weighted by molar-refractivity contribution is 5.79. The van der Waals surface area contributed by atoms with E-state index < -0.39 is 0 Å². The van der Waals surface area contributed by atoms with Crippen LogP contribution in [-0.2, 0) is 16.0 Å². The molecule has 1 aromatic heterocycles. The molecule has 2 aliphatic rings. The highest BCUT2D eigenvalue weighted by Gasteiger charge is 2.39. The number of pyridine rings is 1. The van der Waals surface area contributed by atoms with Gasteiger partial charge in [0.15, 0.2) is 0 Å². The van der Waals surface area contributed by atoms with Crippen LogP contribution in [0.5, 0.6) is 0 Å². The number of hydrogen-bond acceptors (Lipinski definition) is 3. The van der Waals surface area contributed by atoms with Crippen molar-refractivity contribution in [1.82, 2.24) is 14.8 Å². The standard InChI is InChI=1S/C18H25N3O2/c1-20-15-7-4-12-21(16(15)6-2-8-17(20)22)18(23)10-9-14-5-3-11-19-13-14/h3,5,11,13,15-16H,2,4,6-10,12H2,1H3/t15-,16-/m1/s1. The molecule has 0 aromatic carbocycles. The summed E-state index contributed by atoms with van der Waals surface area (Å²) in [7, 11) is 1.90. The van der Waals surface area contributed by atoms with Gasteiger partial charge in [-0.15, -0.1) is 0 Å². The fraction of sp³-hybridized carbons (Fsp3) is 0.611. The molecular formula is C18H25N3O2. The van der Waals surface area contributed by atoms with E-state index in [2.05, 4.69) is 4.98 Å². The monoisotopic (exact) mass is 315 g/mol. The van der Waals surface area contributed by atoms with Crippen molar-refractivity contribution in [2.75, 3.05) is 13.6 Å². The lowest BCUT2D eigenvalue weighted by Gasteiger charge is -2.43. The fourth-order valence-corrected chi connectivity index (χ4v) is 3.91. The molecule has 5 nitrogen and oxygen atoms in total. The predicted octanol–water partition coefficient (Wildman–Crippen LogP) is 2.02. The number of piperidine rings is 1. The molecule has 0 radical (unpaired) electrons. The summed E-state index contributed by atoms with van der Waals surface area (Å²) in [5.74, 6) is 0.438. The third-order valence-electron chi connectivity index (χ3n) is 5.20. The molecule has 2 fully saturated rings. The molecule has 0 N–H and O–H groups in total. The molecule has 2 atom stereocenters. The van der Waals surface area contributed by atoms with Crippen molar-refractivity contribution < 1.29 is 9.59 Å². The molecule has 0 bridgehead atoms. The van der Waals surface area contributed by atoms with Gasteiger partial charge in [0.05, 0.1) is 12.1 Å². The van der Waals surface area contributed by atoms with Gasteiger partial charge in [0, 0.05) is 38.8 Å². The molecule has 1 aromatic rings. The number of rotatable bonds is 3. The molecule has 2 saturated heterocycles. The molecule has 124 valence electrons. The first-order chi connectivity index (χ1) is 11.2. The van der Waals surface area contributed by atoms with Crippen LogP contribution < -0.4 is 0 Å². The molecule has 2 amide bonds. The van der Waals surface area contributed by atoms with Gasteiger partial charge in [0.2, 0.25) is 11.8 Å². The van der Waals surface area contributed by atoms with E-state index in [4.69, 9.17) is 0 Å². The average molecular weight is 315 g/mol. The van der Waals surface area contributed by atoms with Gasteiger partial charge in [-0.1, -0.05) is 6.07 Å². The Morgan fingerprint density at radius 2 is 2.13 bits per heavy atom. The number of hydrogen-bond donors (Lipinski definition) is 0. The number of likely N-dealkylation sites (tertiary alicyclic amines) is 2. The van der Waals surface area contributed by atoms with Gasteiger partial charge >= 0.3 is 0 Å². The Morgan fingerprint density at radius 1 is 1.30 bits per heavy atom. The second-order valence-corrected chi connectivity index (χ2v) is 6.62. The number of aryl methyl sites for hydroxylation is 1. The van der Waals surface area contributed by atoms with Crippen molar-refractivity contribution >= 4 is 11.8 Å². The van der Waals surface area contributed by atoms with Gasteiger partial charge in [0.1, 0.15) is 0 Å². The van der Waals surface area contributed by atoms with Gasteiger partial charge in [-0.3, -0.25) is 14.6 Å². The molecule has 2 aliphatic heterocycles. The van der Waals surface area contributed by atoms with Crippen molar-refractivity contribution in [3.63, 3.8) is 0 Å². The Kier molecular flexibility index (Phi) is 4.94. The van der Waals surface area contributed by atoms with Gasteiger partial charge in [0.25, 0.3) is 0 Å². The quantitative estimate of drug-likeness (QED) is 0.857. The Morgan fingerprint density at radius 3 is 2.91 bits per heavy atom. The SMILES string of the molecule is CN1C(=O)CCC[C@@H]2[C@H]1CCCN2C(=O)CCc1cccnc1. The lowest BCUT2D eigenvalue weighted by atomic mass is 9.92. The van der Waals surface area contributed by atoms with E-state index in [1.807, 2.05) is 35.2 Å². The van der Waals surface area contributed by atoms with Crippen LogP contribution >= 0.6 is 0 Å². The van der Waals surface area contributed by atoms with Crippen molar-refractivity contribution in [1.29, 1.82) is 0 Å². The Balaban J connectivity index is 1.66. The van der Waals surface area contributed by atoms with Gasteiger partial charge in [-0.25, -0.2) is 0 Å². The Bertz CT molecular complexity index is 561. The minimum atomic E-state index is 0.195. The zero-order valence-electron chi connectivity index (χ0n) is 13.8. The average Bonchev–Trinajstić information content (AvgIpc) is 2.73. The first-order valence-corrected chi connectivity index (χ1v) is 8.61. The number of fused-ring (bicyclic) bond motifs is 1. The van der Waals surface area contributed by atoms with Crippen LogP contribution in [0.1, 0.15) is 44.1 Å². The summed E-state index contributed by atoms with van der Waals surface area (Å²) in [4.78, 5) is 32.8. The number of carbonyl (C=O) groups excluding carboxylic acids is 2. The maximum atomic E-state index is 12.7. The van der Waals surface area contributed by atoms with E-state index in [0.29, 0.717) is 12.8 Å². The van der Waals surface area contributed by atoms with Crippen LogP contribution in [-0.4, -0.2) is 52.3 Å². The Labute approximate surface area is 137 Å². The van der Waals surface area contributed by atoms with Crippen LogP contribution in [0.25, 0.3) is 0 Å². The topological polar surface area (TPSA) is 53.5 Å². The van der Waals surface area contributed by atoms with E-state index >= 15 is 0 Å². The van der Waals surface area contributed by atoms with E-state index in [-0.39, 0.29) is 23.9 Å². The van der Waals surface area contributed by atoms with Crippen molar-refractivity contribution in [3.8, 4) is 0 Å². The van der Waals surface area contributed by atoms with Crippen LogP contribution in [0.4, 0.5) is 0 Å². The predicted molar refractivity (Wildman–Crippen MR) is 87.7 cm³/mol. The highest BCUT2D eigenvalue weighted by atomic mass is 16.2. The summed E-state index contributed by atoms with van der Waals surface area (Å²) in [6, 6.07) is 4.31. The Hall–Kier alpha value is -1.91. The molecule has 0 saturated carbocycles. The third-order valence-corrected chi connectivity index (χ3v) is 5.20. The highest BCUT2D eigenvalue weighted by Crippen LogP contribution is 2.29. The maximum Gasteiger partial charge on any atom is 0.223 e.